The van der Waals surface area contributed by atoms with Crippen molar-refractivity contribution in [3.05, 3.63) is 59.7 Å². The molecule has 2 aromatic carbocycles. The van der Waals surface area contributed by atoms with Crippen molar-refractivity contribution in [3.63, 3.8) is 0 Å². The van der Waals surface area contributed by atoms with Crippen molar-refractivity contribution in [2.75, 3.05) is 0 Å². The number of alkyl halides is 3. The summed E-state index contributed by atoms with van der Waals surface area (Å²) < 4.78 is 48.1. The predicted octanol–water partition coefficient (Wildman–Crippen LogP) is 4.89. The molecule has 1 atom stereocenters. The summed E-state index contributed by atoms with van der Waals surface area (Å²) in [7, 11) is 0. The summed E-state index contributed by atoms with van der Waals surface area (Å²) in [6.07, 6.45) is -6.58. The van der Waals surface area contributed by atoms with Gasteiger partial charge < -0.3 is 15.2 Å². The highest BCUT2D eigenvalue weighted by Gasteiger charge is 2.30. The van der Waals surface area contributed by atoms with Crippen LogP contribution < -0.4 is 5.73 Å². The van der Waals surface area contributed by atoms with Crippen molar-refractivity contribution >= 4 is 17.9 Å². The van der Waals surface area contributed by atoms with Crippen LogP contribution in [0.1, 0.15) is 30.6 Å². The SMILES string of the molecule is CC(=N)OC(=N)CC(OC(N)=O)c1cccc(-c2ccc(C(F)(F)F)cc2)c1. The Balaban J connectivity index is 2.30. The highest BCUT2D eigenvalue weighted by Crippen LogP contribution is 2.32. The van der Waals surface area contributed by atoms with Gasteiger partial charge in [-0.25, -0.2) is 4.79 Å². The lowest BCUT2D eigenvalue weighted by atomic mass is 9.98. The molecule has 0 fully saturated rings. The summed E-state index contributed by atoms with van der Waals surface area (Å²) in [6.45, 7) is 1.35. The topological polar surface area (TPSA) is 109 Å². The molecule has 148 valence electrons. The summed E-state index contributed by atoms with van der Waals surface area (Å²) in [4.78, 5) is 11.2. The zero-order valence-corrected chi connectivity index (χ0v) is 14.8. The first-order valence-corrected chi connectivity index (χ1v) is 8.10. The Labute approximate surface area is 159 Å². The molecule has 2 rings (SSSR count). The molecule has 9 heteroatoms. The quantitative estimate of drug-likeness (QED) is 0.497. The van der Waals surface area contributed by atoms with Gasteiger partial charge in [-0.3, -0.25) is 10.8 Å². The van der Waals surface area contributed by atoms with Crippen LogP contribution in [-0.4, -0.2) is 17.9 Å². The van der Waals surface area contributed by atoms with Crippen LogP contribution in [0.2, 0.25) is 0 Å². The molecular weight excluding hydrogens is 375 g/mol. The van der Waals surface area contributed by atoms with Gasteiger partial charge in [0.15, 0.2) is 11.8 Å². The Kier molecular flexibility index (Phi) is 6.40. The fraction of sp³-hybridized carbons (Fsp3) is 0.211. The molecule has 6 nitrogen and oxygen atoms in total. The molecular formula is C19H18F3N3O3. The molecule has 0 aliphatic heterocycles. The van der Waals surface area contributed by atoms with E-state index in [0.717, 1.165) is 12.1 Å². The number of nitrogens with two attached hydrogens (primary N) is 1. The van der Waals surface area contributed by atoms with Crippen molar-refractivity contribution in [2.24, 2.45) is 5.73 Å². The Morgan fingerprint density at radius 2 is 1.75 bits per heavy atom. The first-order chi connectivity index (χ1) is 13.1. The van der Waals surface area contributed by atoms with Crippen LogP contribution in [0, 0.1) is 10.8 Å². The van der Waals surface area contributed by atoms with Gasteiger partial charge in [-0.15, -0.1) is 0 Å². The minimum absolute atomic E-state index is 0.157. The largest absolute Gasteiger partial charge is 0.441 e. The van der Waals surface area contributed by atoms with Crippen molar-refractivity contribution in [2.45, 2.75) is 25.6 Å². The zero-order valence-electron chi connectivity index (χ0n) is 14.8. The minimum Gasteiger partial charge on any atom is -0.441 e. The number of hydrogen-bond acceptors (Lipinski definition) is 5. The number of primary amides is 1. The van der Waals surface area contributed by atoms with Crippen molar-refractivity contribution in [1.29, 1.82) is 10.8 Å². The Hall–Kier alpha value is -3.36. The smallest absolute Gasteiger partial charge is 0.416 e. The summed E-state index contributed by atoms with van der Waals surface area (Å²) in [5.74, 6) is -0.486. The fourth-order valence-corrected chi connectivity index (χ4v) is 2.53. The van der Waals surface area contributed by atoms with Crippen LogP contribution in [0.15, 0.2) is 48.5 Å². The Morgan fingerprint density at radius 3 is 2.29 bits per heavy atom. The second-order valence-corrected chi connectivity index (χ2v) is 5.91. The number of ether oxygens (including phenoxy) is 2. The lowest BCUT2D eigenvalue weighted by Gasteiger charge is -2.18. The highest BCUT2D eigenvalue weighted by molar-refractivity contribution is 5.87. The molecule has 0 aliphatic carbocycles. The molecule has 1 unspecified atom stereocenters. The molecule has 0 aliphatic rings. The van der Waals surface area contributed by atoms with Crippen LogP contribution in [-0.2, 0) is 15.7 Å². The number of carbonyl (C=O) groups is 1. The monoisotopic (exact) mass is 393 g/mol. The van der Waals surface area contributed by atoms with Gasteiger partial charge in [-0.1, -0.05) is 30.3 Å². The summed E-state index contributed by atoms with van der Waals surface area (Å²) in [6, 6.07) is 11.2. The number of halogens is 3. The average Bonchev–Trinajstić information content (AvgIpc) is 2.59. The lowest BCUT2D eigenvalue weighted by Crippen LogP contribution is -2.21. The zero-order chi connectivity index (χ0) is 20.9. The van der Waals surface area contributed by atoms with Gasteiger partial charge in [0.1, 0.15) is 6.10 Å². The average molecular weight is 393 g/mol. The maximum Gasteiger partial charge on any atom is 0.416 e. The molecule has 4 N–H and O–H groups in total. The second-order valence-electron chi connectivity index (χ2n) is 5.91. The molecule has 0 radical (unpaired) electrons. The van der Waals surface area contributed by atoms with Crippen molar-refractivity contribution < 1.29 is 27.4 Å². The maximum atomic E-state index is 12.7. The van der Waals surface area contributed by atoms with Crippen molar-refractivity contribution in [3.8, 4) is 11.1 Å². The van der Waals surface area contributed by atoms with Gasteiger partial charge in [0.25, 0.3) is 0 Å². The molecule has 2 aromatic rings. The van der Waals surface area contributed by atoms with Crippen LogP contribution in [0.4, 0.5) is 18.0 Å². The van der Waals surface area contributed by atoms with E-state index in [1.54, 1.807) is 24.3 Å². The number of rotatable bonds is 5. The van der Waals surface area contributed by atoms with E-state index in [-0.39, 0.29) is 18.2 Å². The minimum atomic E-state index is -4.42. The van der Waals surface area contributed by atoms with Crippen LogP contribution in [0.25, 0.3) is 11.1 Å². The van der Waals surface area contributed by atoms with E-state index >= 15 is 0 Å². The van der Waals surface area contributed by atoms with Crippen LogP contribution in [0.3, 0.4) is 0 Å². The molecule has 0 saturated heterocycles. The van der Waals surface area contributed by atoms with Gasteiger partial charge in [0, 0.05) is 6.92 Å². The van der Waals surface area contributed by atoms with E-state index in [2.05, 4.69) is 0 Å². The summed E-state index contributed by atoms with van der Waals surface area (Å²) >= 11 is 0. The Morgan fingerprint density at radius 1 is 1.11 bits per heavy atom. The van der Waals surface area contributed by atoms with E-state index in [4.69, 9.17) is 26.0 Å². The van der Waals surface area contributed by atoms with Crippen molar-refractivity contribution in [1.82, 2.24) is 0 Å². The van der Waals surface area contributed by atoms with Gasteiger partial charge >= 0.3 is 12.3 Å². The third-order valence-corrected chi connectivity index (χ3v) is 3.71. The predicted molar refractivity (Wildman–Crippen MR) is 97.1 cm³/mol. The second kappa shape index (κ2) is 8.55. The molecule has 28 heavy (non-hydrogen) atoms. The molecule has 0 bridgehead atoms. The number of hydrogen-bond donors (Lipinski definition) is 3. The molecule has 0 saturated carbocycles. The highest BCUT2D eigenvalue weighted by atomic mass is 19.4. The van der Waals surface area contributed by atoms with E-state index < -0.39 is 23.9 Å². The van der Waals surface area contributed by atoms with E-state index in [0.29, 0.717) is 16.7 Å². The summed E-state index contributed by atoms with van der Waals surface area (Å²) in [5.41, 5.74) is 5.95. The van der Waals surface area contributed by atoms with Crippen LogP contribution in [0.5, 0.6) is 0 Å². The van der Waals surface area contributed by atoms with Gasteiger partial charge in [-0.2, -0.15) is 13.2 Å². The fourth-order valence-electron chi connectivity index (χ4n) is 2.53. The normalized spacial score (nSPS) is 12.1. The third-order valence-electron chi connectivity index (χ3n) is 3.71. The van der Waals surface area contributed by atoms with Gasteiger partial charge in [-0.05, 0) is 34.9 Å². The first kappa shape index (κ1) is 20.9. The third kappa shape index (κ3) is 5.83. The molecule has 0 heterocycles. The van der Waals surface area contributed by atoms with Crippen LogP contribution >= 0.6 is 0 Å². The Bertz CT molecular complexity index is 880. The van der Waals surface area contributed by atoms with Gasteiger partial charge in [0.05, 0.1) is 12.0 Å². The molecule has 1 amide bonds. The lowest BCUT2D eigenvalue weighted by molar-refractivity contribution is -0.137. The molecule has 0 spiro atoms. The van der Waals surface area contributed by atoms with E-state index in [1.807, 2.05) is 0 Å². The number of amides is 1. The first-order valence-electron chi connectivity index (χ1n) is 8.10. The maximum absolute atomic E-state index is 12.7. The standard InChI is InChI=1S/C19H18F3N3O3/c1-11(23)27-17(24)10-16(28-18(25)26)14-4-2-3-13(9-14)12-5-7-15(8-6-12)19(20,21)22/h2-9,16,23-24H,10H2,1H3,(H2,25,26). The van der Waals surface area contributed by atoms with Gasteiger partial charge in [0.2, 0.25) is 0 Å². The van der Waals surface area contributed by atoms with E-state index in [1.165, 1.54) is 19.1 Å². The van der Waals surface area contributed by atoms with E-state index in [9.17, 15) is 18.0 Å². The number of carbonyl (C=O) groups excluding carboxylic acids is 1. The molecule has 0 aromatic heterocycles. The summed E-state index contributed by atoms with van der Waals surface area (Å²) in [5, 5.41) is 15.0. The number of benzene rings is 2. The number of nitrogens with one attached hydrogen (secondary N) is 2.